The molecule has 1 unspecified atom stereocenters. The van der Waals surface area contributed by atoms with Crippen molar-refractivity contribution >= 4 is 28.5 Å². The Morgan fingerprint density at radius 1 is 1.16 bits per heavy atom. The van der Waals surface area contributed by atoms with Gasteiger partial charge >= 0.3 is 0 Å². The largest absolute Gasteiger partial charge is 0.351 e. The van der Waals surface area contributed by atoms with Crippen LogP contribution in [0, 0.1) is 24.3 Å². The number of aliphatic imine (C=N–C) groups is 1. The van der Waals surface area contributed by atoms with Gasteiger partial charge in [-0.1, -0.05) is 26.0 Å². The van der Waals surface area contributed by atoms with Crippen LogP contribution in [0.4, 0.5) is 11.5 Å². The summed E-state index contributed by atoms with van der Waals surface area (Å²) in [7, 11) is 0. The number of piperazine rings is 1. The molecule has 1 aliphatic rings. The number of aromatic nitrogens is 3. The van der Waals surface area contributed by atoms with Crippen LogP contribution in [0.5, 0.6) is 0 Å². The van der Waals surface area contributed by atoms with E-state index in [0.29, 0.717) is 18.4 Å². The minimum atomic E-state index is 0.151. The molecule has 0 saturated carbocycles. The molecule has 1 saturated heterocycles. The van der Waals surface area contributed by atoms with Crippen molar-refractivity contribution in [1.82, 2.24) is 25.2 Å². The third kappa shape index (κ3) is 4.40. The molecule has 1 aromatic carbocycles. The number of pyridine rings is 1. The summed E-state index contributed by atoms with van der Waals surface area (Å²) in [4.78, 5) is 22.9. The monoisotopic (exact) mass is 414 g/mol. The summed E-state index contributed by atoms with van der Waals surface area (Å²) < 4.78 is 0. The maximum absolute atomic E-state index is 9.36. The number of para-hydroxylation sites is 2. The number of hydrogen-bond donors (Lipinski definition) is 1. The molecule has 0 spiro atoms. The number of anilines is 1. The number of rotatable bonds is 3. The maximum Gasteiger partial charge on any atom is 0.213 e. The summed E-state index contributed by atoms with van der Waals surface area (Å²) in [6.07, 6.45) is 5.63. The zero-order chi connectivity index (χ0) is 21.8. The van der Waals surface area contributed by atoms with Crippen LogP contribution in [-0.2, 0) is 0 Å². The quantitative estimate of drug-likeness (QED) is 0.304. The minimum Gasteiger partial charge on any atom is -0.351 e. The van der Waals surface area contributed by atoms with Crippen molar-refractivity contribution < 1.29 is 0 Å². The normalized spacial score (nSPS) is 17.1. The molecule has 8 heteroatoms. The summed E-state index contributed by atoms with van der Waals surface area (Å²) in [6, 6.07) is 11.8. The molecule has 1 aliphatic heterocycles. The Morgan fingerprint density at radius 3 is 2.71 bits per heavy atom. The fourth-order valence-electron chi connectivity index (χ4n) is 3.87. The first-order valence-corrected chi connectivity index (χ1v) is 10.5. The first kappa shape index (κ1) is 20.5. The zero-order valence-corrected chi connectivity index (χ0v) is 18.0. The molecule has 3 aromatic rings. The van der Waals surface area contributed by atoms with Crippen LogP contribution in [0.1, 0.15) is 19.5 Å². The second-order valence-electron chi connectivity index (χ2n) is 7.95. The van der Waals surface area contributed by atoms with E-state index < -0.39 is 0 Å². The van der Waals surface area contributed by atoms with Gasteiger partial charge in [0.1, 0.15) is 5.82 Å². The summed E-state index contributed by atoms with van der Waals surface area (Å²) in [6.45, 7) is 8.53. The molecule has 3 heterocycles. The lowest BCUT2D eigenvalue weighted by Crippen LogP contribution is -2.59. The summed E-state index contributed by atoms with van der Waals surface area (Å²) in [5.74, 6) is 1.78. The van der Waals surface area contributed by atoms with E-state index in [9.17, 15) is 5.26 Å². The molecule has 8 nitrogen and oxygen atoms in total. The molecule has 0 aliphatic carbocycles. The van der Waals surface area contributed by atoms with Crippen molar-refractivity contribution in [3.8, 4) is 6.19 Å². The Kier molecular flexibility index (Phi) is 5.94. The van der Waals surface area contributed by atoms with Crippen molar-refractivity contribution in [2.24, 2.45) is 10.9 Å². The molecule has 0 radical (unpaired) electrons. The molecule has 31 heavy (non-hydrogen) atoms. The first-order chi connectivity index (χ1) is 15.1. The van der Waals surface area contributed by atoms with Gasteiger partial charge in [0.15, 0.2) is 6.19 Å². The number of benzene rings is 1. The molecule has 4 rings (SSSR count). The fraction of sp³-hybridized carbons (Fsp3) is 0.348. The van der Waals surface area contributed by atoms with Gasteiger partial charge in [0.2, 0.25) is 5.96 Å². The highest BCUT2D eigenvalue weighted by Crippen LogP contribution is 2.24. The first-order valence-electron chi connectivity index (χ1n) is 10.5. The van der Waals surface area contributed by atoms with Gasteiger partial charge in [-0.3, -0.25) is 15.3 Å². The minimum absolute atomic E-state index is 0.151. The highest BCUT2D eigenvalue weighted by Gasteiger charge is 2.32. The van der Waals surface area contributed by atoms with Crippen molar-refractivity contribution in [2.75, 3.05) is 24.5 Å². The molecule has 0 bridgehead atoms. The highest BCUT2D eigenvalue weighted by atomic mass is 15.4. The molecule has 0 amide bonds. The Bertz CT molecular complexity index is 1130. The fourth-order valence-corrected chi connectivity index (χ4v) is 3.87. The van der Waals surface area contributed by atoms with Gasteiger partial charge < -0.3 is 9.80 Å². The van der Waals surface area contributed by atoms with E-state index in [1.807, 2.05) is 55.7 Å². The van der Waals surface area contributed by atoms with Crippen LogP contribution in [0.2, 0.25) is 0 Å². The van der Waals surface area contributed by atoms with E-state index >= 15 is 0 Å². The van der Waals surface area contributed by atoms with Crippen LogP contribution >= 0.6 is 0 Å². The van der Waals surface area contributed by atoms with Gasteiger partial charge in [-0.05, 0) is 37.1 Å². The Hall–Kier alpha value is -3.73. The SMILES string of the molecule is Cc1ncccc1N=C(NC#N)N1CCN(c2cnc3ccccc3n2)CC1C(C)C. The number of nitriles is 1. The van der Waals surface area contributed by atoms with Crippen LogP contribution in [-0.4, -0.2) is 51.5 Å². The molecule has 1 N–H and O–H groups in total. The molecular weight excluding hydrogens is 388 g/mol. The molecule has 1 atom stereocenters. The Labute approximate surface area is 182 Å². The van der Waals surface area contributed by atoms with Gasteiger partial charge in [0.25, 0.3) is 0 Å². The summed E-state index contributed by atoms with van der Waals surface area (Å²) >= 11 is 0. The van der Waals surface area contributed by atoms with Crippen molar-refractivity contribution in [3.05, 3.63) is 54.5 Å². The zero-order valence-electron chi connectivity index (χ0n) is 18.0. The van der Waals surface area contributed by atoms with Crippen LogP contribution < -0.4 is 10.2 Å². The molecule has 1 fully saturated rings. The van der Waals surface area contributed by atoms with Crippen LogP contribution in [0.3, 0.4) is 0 Å². The van der Waals surface area contributed by atoms with Crippen molar-refractivity contribution in [1.29, 1.82) is 5.26 Å². The summed E-state index contributed by atoms with van der Waals surface area (Å²) in [5, 5.41) is 12.2. The van der Waals surface area contributed by atoms with E-state index in [1.165, 1.54) is 0 Å². The average molecular weight is 415 g/mol. The van der Waals surface area contributed by atoms with Crippen molar-refractivity contribution in [3.63, 3.8) is 0 Å². The van der Waals surface area contributed by atoms with Gasteiger partial charge in [-0.15, -0.1) is 0 Å². The van der Waals surface area contributed by atoms with E-state index in [-0.39, 0.29) is 6.04 Å². The van der Waals surface area contributed by atoms with E-state index in [1.54, 1.807) is 6.20 Å². The number of aryl methyl sites for hydroxylation is 1. The third-order valence-electron chi connectivity index (χ3n) is 5.59. The number of hydrogen-bond acceptors (Lipinski definition) is 6. The lowest BCUT2D eigenvalue weighted by Gasteiger charge is -2.44. The maximum atomic E-state index is 9.36. The second-order valence-corrected chi connectivity index (χ2v) is 7.95. The predicted molar refractivity (Wildman–Crippen MR) is 122 cm³/mol. The van der Waals surface area contributed by atoms with E-state index in [4.69, 9.17) is 9.98 Å². The smallest absolute Gasteiger partial charge is 0.213 e. The number of fused-ring (bicyclic) bond motifs is 1. The summed E-state index contributed by atoms with van der Waals surface area (Å²) in [5.41, 5.74) is 3.37. The number of nitrogens with zero attached hydrogens (tertiary/aromatic N) is 7. The topological polar surface area (TPSA) is 93.3 Å². The van der Waals surface area contributed by atoms with Crippen molar-refractivity contribution in [2.45, 2.75) is 26.8 Å². The lowest BCUT2D eigenvalue weighted by molar-refractivity contribution is 0.220. The predicted octanol–water partition coefficient (Wildman–Crippen LogP) is 3.24. The molecule has 158 valence electrons. The van der Waals surface area contributed by atoms with E-state index in [2.05, 4.69) is 38.9 Å². The third-order valence-corrected chi connectivity index (χ3v) is 5.59. The second kappa shape index (κ2) is 8.96. The average Bonchev–Trinajstić information content (AvgIpc) is 2.79. The van der Waals surface area contributed by atoms with E-state index in [0.717, 1.165) is 41.3 Å². The Morgan fingerprint density at radius 2 is 1.97 bits per heavy atom. The highest BCUT2D eigenvalue weighted by molar-refractivity contribution is 5.85. The standard InChI is InChI=1S/C23H26N8/c1-16(2)21-14-30(22-13-26-19-7-4-5-8-20(19)28-22)11-12-31(21)23(27-15-24)29-18-9-6-10-25-17(18)3/h4-10,13,16,21H,11-12,14H2,1-3H3,(H,27,29). The number of guanidine groups is 1. The lowest BCUT2D eigenvalue weighted by atomic mass is 10.00. The van der Waals surface area contributed by atoms with Gasteiger partial charge in [0, 0.05) is 25.8 Å². The molecular formula is C23H26N8. The van der Waals surface area contributed by atoms with Crippen LogP contribution in [0.15, 0.2) is 53.8 Å². The van der Waals surface area contributed by atoms with Crippen LogP contribution in [0.25, 0.3) is 11.0 Å². The molecule has 2 aromatic heterocycles. The Balaban J connectivity index is 1.62. The van der Waals surface area contributed by atoms with Gasteiger partial charge in [-0.2, -0.15) is 5.26 Å². The van der Waals surface area contributed by atoms with Gasteiger partial charge in [-0.25, -0.2) is 9.98 Å². The van der Waals surface area contributed by atoms with Gasteiger partial charge in [0.05, 0.1) is 34.7 Å². The number of nitrogens with one attached hydrogen (secondary N) is 1.